The maximum Gasteiger partial charge on any atom is 0.612 e. The van der Waals surface area contributed by atoms with Crippen LogP contribution < -0.4 is 11.0 Å². The zero-order valence-corrected chi connectivity index (χ0v) is 27.3. The molecule has 7 heteroatoms. The lowest BCUT2D eigenvalue weighted by molar-refractivity contribution is -0.257. The van der Waals surface area contributed by atoms with Crippen molar-refractivity contribution in [3.05, 3.63) is 88.9 Å². The van der Waals surface area contributed by atoms with Gasteiger partial charge >= 0.3 is 7.12 Å². The number of hydrogen-bond acceptors (Lipinski definition) is 3. The van der Waals surface area contributed by atoms with Gasteiger partial charge in [-0.2, -0.15) is 0 Å². The number of aliphatic imine (C=N–C) groups is 1. The van der Waals surface area contributed by atoms with Gasteiger partial charge in [-0.15, -0.1) is 0 Å². The monoisotopic (exact) mass is 563 g/mol. The maximum absolute atomic E-state index is 5.60. The highest BCUT2D eigenvalue weighted by Gasteiger charge is 2.55. The molecule has 0 unspecified atom stereocenters. The van der Waals surface area contributed by atoms with Crippen LogP contribution in [0.15, 0.2) is 15.0 Å². The fourth-order valence-electron chi connectivity index (χ4n) is 8.60. The number of amidine groups is 2. The number of nitrogens with zero attached hydrogens (tertiary/aromatic N) is 6. The second-order valence-electron chi connectivity index (χ2n) is 13.5. The second-order valence-corrected chi connectivity index (χ2v) is 13.5. The summed E-state index contributed by atoms with van der Waals surface area (Å²) < 4.78 is 7.24. The van der Waals surface area contributed by atoms with Crippen molar-refractivity contribution in [3.63, 3.8) is 0 Å². The van der Waals surface area contributed by atoms with E-state index < -0.39 is 0 Å². The molecule has 6 nitrogen and oxygen atoms in total. The lowest BCUT2D eigenvalue weighted by Crippen LogP contribution is -2.60. The van der Waals surface area contributed by atoms with Crippen molar-refractivity contribution in [3.8, 4) is 0 Å². The molecule has 0 saturated carbocycles. The molecule has 0 N–H and O–H groups in total. The van der Waals surface area contributed by atoms with Crippen LogP contribution in [-0.4, -0.2) is 32.2 Å². The van der Waals surface area contributed by atoms with Crippen LogP contribution in [0.2, 0.25) is 0 Å². The van der Waals surface area contributed by atoms with E-state index in [2.05, 4.69) is 96.5 Å². The van der Waals surface area contributed by atoms with Crippen LogP contribution in [-0.2, 0) is 0 Å². The number of hydrogen-bond donors (Lipinski definition) is 0. The molecule has 2 aromatic heterocycles. The van der Waals surface area contributed by atoms with E-state index in [1.807, 2.05) is 0 Å². The first kappa shape index (κ1) is 25.3. The predicted molar refractivity (Wildman–Crippen MR) is 176 cm³/mol. The van der Waals surface area contributed by atoms with Gasteiger partial charge in [-0.05, 0) is 150 Å². The van der Waals surface area contributed by atoms with Gasteiger partial charge in [-0.3, -0.25) is 8.96 Å². The molecule has 0 saturated heterocycles. The van der Waals surface area contributed by atoms with Crippen LogP contribution in [0, 0.1) is 83.1 Å². The standard InChI is InChI=1S/C36H36BN6/c1-13-14(2)20(8)26-25(19(13)7)31-38-33-27-21(9)15(3)16(4)22(10)28(27)35-40-36-30-24(12)18(6)17(5)23(11)29(30)34-39-32(26)41(31)37(42(33)35)43(34)36/h1-12H3/q+1. The zero-order chi connectivity index (χ0) is 30.3. The Balaban J connectivity index is 1.63. The van der Waals surface area contributed by atoms with Crippen molar-refractivity contribution in [1.29, 1.82) is 0 Å². The van der Waals surface area contributed by atoms with Gasteiger partial charge in [-0.25, -0.2) is 9.48 Å². The Morgan fingerprint density at radius 1 is 0.419 bits per heavy atom. The van der Waals surface area contributed by atoms with E-state index in [0.717, 1.165) is 34.3 Å². The molecular formula is C36H36BN6+. The van der Waals surface area contributed by atoms with Crippen LogP contribution >= 0.6 is 0 Å². The van der Waals surface area contributed by atoms with Crippen molar-refractivity contribution in [2.45, 2.75) is 83.1 Å². The Labute approximate surface area is 252 Å². The van der Waals surface area contributed by atoms with E-state index >= 15 is 0 Å². The molecule has 212 valence electrons. The third kappa shape index (κ3) is 2.47. The van der Waals surface area contributed by atoms with Gasteiger partial charge < -0.3 is 0 Å². The lowest BCUT2D eigenvalue weighted by Gasteiger charge is -2.25. The van der Waals surface area contributed by atoms with Gasteiger partial charge in [0.1, 0.15) is 11.3 Å². The Morgan fingerprint density at radius 3 is 1.37 bits per heavy atom. The summed E-state index contributed by atoms with van der Waals surface area (Å²) in [5.74, 6) is 4.09. The average Bonchev–Trinajstić information content (AvgIpc) is 3.63. The van der Waals surface area contributed by atoms with Crippen LogP contribution in [0.5, 0.6) is 0 Å². The van der Waals surface area contributed by atoms with Crippen molar-refractivity contribution in [1.82, 2.24) is 8.96 Å². The fraction of sp³-hybridized carbons (Fsp3) is 0.333. The molecule has 0 aliphatic carbocycles. The molecule has 9 rings (SSSR count). The summed E-state index contributed by atoms with van der Waals surface area (Å²) in [6.45, 7) is 27.1. The zero-order valence-electron chi connectivity index (χ0n) is 27.3. The molecule has 5 aromatic rings. The second kappa shape index (κ2) is 7.44. The number of rotatable bonds is 0. The fourth-order valence-corrected chi connectivity index (χ4v) is 8.60. The van der Waals surface area contributed by atoms with E-state index in [4.69, 9.17) is 15.0 Å². The Bertz CT molecular complexity index is 2510. The molecule has 3 aromatic carbocycles. The van der Waals surface area contributed by atoms with Crippen LogP contribution in [0.25, 0.3) is 21.5 Å². The van der Waals surface area contributed by atoms with E-state index in [0.29, 0.717) is 0 Å². The predicted octanol–water partition coefficient (Wildman–Crippen LogP) is 6.44. The van der Waals surface area contributed by atoms with Gasteiger partial charge in [0.2, 0.25) is 11.3 Å². The number of benzene rings is 3. The third-order valence-corrected chi connectivity index (χ3v) is 12.1. The summed E-state index contributed by atoms with van der Waals surface area (Å²) in [4.78, 5) is 16.8. The van der Waals surface area contributed by atoms with E-state index in [9.17, 15) is 0 Å². The molecule has 6 heterocycles. The summed E-state index contributed by atoms with van der Waals surface area (Å²) in [5.41, 5.74) is 20.3. The summed E-state index contributed by atoms with van der Waals surface area (Å²) in [5, 5.41) is 4.94. The Kier molecular flexibility index (Phi) is 4.37. The largest absolute Gasteiger partial charge is 0.612 e. The molecule has 4 aliphatic heterocycles. The number of fused-ring (bicyclic) bond motifs is 9. The van der Waals surface area contributed by atoms with Gasteiger partial charge in [0, 0.05) is 21.5 Å². The topological polar surface area (TPSA) is 49.9 Å². The molecule has 0 radical (unpaired) electrons. The normalized spacial score (nSPS) is 15.3. The SMILES string of the molecule is Cc1c(C)c(C)c2c(c1C)C1=Nc3c4c(C)c(C)c(C)c(C)c4c4n3B3n5c(c6c(C)c(C)c(C)c(C)c6c5=N4)=NC2=[N+]31. The van der Waals surface area contributed by atoms with Gasteiger partial charge in [-0.1, -0.05) is 9.98 Å². The van der Waals surface area contributed by atoms with Gasteiger partial charge in [0.15, 0.2) is 0 Å². The molecule has 43 heavy (non-hydrogen) atoms. The molecular weight excluding hydrogens is 527 g/mol. The highest BCUT2D eigenvalue weighted by molar-refractivity contribution is 6.55. The first-order chi connectivity index (χ1) is 20.4. The Hall–Kier alpha value is -4.26. The van der Waals surface area contributed by atoms with Gasteiger partial charge in [0.25, 0.3) is 11.7 Å². The molecule has 0 bridgehead atoms. The summed E-state index contributed by atoms with van der Waals surface area (Å²) >= 11 is 0. The van der Waals surface area contributed by atoms with Crippen molar-refractivity contribution in [2.75, 3.05) is 0 Å². The first-order valence-electron chi connectivity index (χ1n) is 15.5. The van der Waals surface area contributed by atoms with Crippen LogP contribution in [0.1, 0.15) is 77.9 Å². The lowest BCUT2D eigenvalue weighted by atomic mass is 9.87. The van der Waals surface area contributed by atoms with E-state index in [-0.39, 0.29) is 7.12 Å². The van der Waals surface area contributed by atoms with Crippen LogP contribution in [0.3, 0.4) is 0 Å². The Morgan fingerprint density at radius 2 is 0.837 bits per heavy atom. The summed E-state index contributed by atoms with van der Waals surface area (Å²) in [6.07, 6.45) is 0. The number of aromatic nitrogens is 2. The molecule has 0 fully saturated rings. The summed E-state index contributed by atoms with van der Waals surface area (Å²) in [7, 11) is -0.155. The smallest absolute Gasteiger partial charge is 0.283 e. The van der Waals surface area contributed by atoms with Crippen molar-refractivity contribution < 1.29 is 4.49 Å². The minimum absolute atomic E-state index is 0.155. The molecule has 4 aliphatic rings. The van der Waals surface area contributed by atoms with Crippen molar-refractivity contribution >= 4 is 52.0 Å². The maximum atomic E-state index is 5.60. The first-order valence-corrected chi connectivity index (χ1v) is 15.5. The van der Waals surface area contributed by atoms with E-state index in [1.165, 1.54) is 99.4 Å². The average molecular weight is 564 g/mol. The minimum Gasteiger partial charge on any atom is -0.283 e. The number of aryl methyl sites for hydroxylation is 4. The molecule has 0 amide bonds. The molecule has 0 atom stereocenters. The molecule has 0 spiro atoms. The quantitative estimate of drug-likeness (QED) is 0.195. The van der Waals surface area contributed by atoms with Crippen molar-refractivity contribution in [2.24, 2.45) is 15.0 Å². The highest BCUT2D eigenvalue weighted by Crippen LogP contribution is 2.48. The van der Waals surface area contributed by atoms with Crippen LogP contribution in [0.4, 0.5) is 11.6 Å². The highest BCUT2D eigenvalue weighted by atomic mass is 15.4. The summed E-state index contributed by atoms with van der Waals surface area (Å²) in [6, 6.07) is 0. The minimum atomic E-state index is -0.155. The van der Waals surface area contributed by atoms with Gasteiger partial charge in [0.05, 0.1) is 11.1 Å². The van der Waals surface area contributed by atoms with E-state index in [1.54, 1.807) is 0 Å². The third-order valence-electron chi connectivity index (χ3n) is 12.1.